The quantitative estimate of drug-likeness (QED) is 0.0180. The average Bonchev–Trinajstić information content (AvgIpc) is 3.11. The van der Waals surface area contributed by atoms with Crippen molar-refractivity contribution in [2.75, 3.05) is 0 Å². The molecule has 2 aromatic rings. The van der Waals surface area contributed by atoms with Crippen LogP contribution in [0.25, 0.3) is 0 Å². The number of phenolic OH excluding ortho intramolecular Hbond substituents is 4. The molecule has 0 saturated heterocycles. The van der Waals surface area contributed by atoms with E-state index in [1.807, 2.05) is 38.2 Å². The zero-order valence-corrected chi connectivity index (χ0v) is 36.7. The highest BCUT2D eigenvalue weighted by molar-refractivity contribution is 8.77. The first kappa shape index (κ1) is 51.2. The van der Waals surface area contributed by atoms with Crippen LogP contribution in [0.4, 0.5) is 0 Å². The lowest BCUT2D eigenvalue weighted by Gasteiger charge is -2.25. The summed E-state index contributed by atoms with van der Waals surface area (Å²) < 4.78 is 77.0. The molecule has 2 rings (SSSR count). The monoisotopic (exact) mass is 886 g/mol. The van der Waals surface area contributed by atoms with Crippen molar-refractivity contribution in [2.45, 2.75) is 139 Å². The molecule has 4 atom stereocenters. The first-order valence-electron chi connectivity index (χ1n) is 19.8. The van der Waals surface area contributed by atoms with Crippen molar-refractivity contribution in [1.29, 1.82) is 0 Å². The maximum Gasteiger partial charge on any atom is 0.397 e. The molecule has 16 heteroatoms. The third-order valence-corrected chi connectivity index (χ3v) is 13.5. The summed E-state index contributed by atoms with van der Waals surface area (Å²) in [5.41, 5.74) is 1.69. The maximum absolute atomic E-state index is 11.9. The summed E-state index contributed by atoms with van der Waals surface area (Å²) >= 11 is 0. The van der Waals surface area contributed by atoms with Gasteiger partial charge in [0.1, 0.15) is 23.0 Å². The van der Waals surface area contributed by atoms with E-state index < -0.39 is 33.0 Å². The number of aromatic hydroxyl groups is 4. The number of unbranched alkanes of at least 4 members (excludes halogenated alkanes) is 6. The Kier molecular flexibility index (Phi) is 25.1. The molecule has 0 aliphatic heterocycles. The Labute approximate surface area is 353 Å². The van der Waals surface area contributed by atoms with Crippen molar-refractivity contribution in [3.05, 3.63) is 96.1 Å². The molecule has 58 heavy (non-hydrogen) atoms. The lowest BCUT2D eigenvalue weighted by molar-refractivity contribution is 0.172. The van der Waals surface area contributed by atoms with Crippen LogP contribution in [0.5, 0.6) is 23.0 Å². The van der Waals surface area contributed by atoms with Gasteiger partial charge in [-0.15, -0.1) is 0 Å². The van der Waals surface area contributed by atoms with Gasteiger partial charge in [-0.05, 0) is 113 Å². The fourth-order valence-corrected chi connectivity index (χ4v) is 10.8. The van der Waals surface area contributed by atoms with Crippen LogP contribution in [0.3, 0.4) is 0 Å². The van der Waals surface area contributed by atoms with Crippen molar-refractivity contribution in [3.63, 3.8) is 0 Å². The van der Waals surface area contributed by atoms with Crippen molar-refractivity contribution >= 4 is 42.4 Å². The normalized spacial score (nSPS) is 14.9. The van der Waals surface area contributed by atoms with Gasteiger partial charge in [0.05, 0.1) is 12.2 Å². The zero-order valence-electron chi connectivity index (χ0n) is 33.5. The Hall–Kier alpha value is -2.96. The molecule has 12 nitrogen and oxygen atoms in total. The fraction of sp³-hybridized carbons (Fsp3) is 0.524. The first-order chi connectivity index (χ1) is 27.5. The summed E-state index contributed by atoms with van der Waals surface area (Å²) in [6.45, 7) is 3.72. The lowest BCUT2D eigenvalue weighted by atomic mass is 10.0. The van der Waals surface area contributed by atoms with Gasteiger partial charge in [-0.2, -0.15) is 16.8 Å². The number of rotatable bonds is 31. The molecule has 0 saturated carbocycles. The maximum atomic E-state index is 11.9. The van der Waals surface area contributed by atoms with Gasteiger partial charge in [0.15, 0.2) is 0 Å². The number of aryl methyl sites for hydroxylation is 2. The molecule has 0 amide bonds. The summed E-state index contributed by atoms with van der Waals surface area (Å²) in [6.07, 6.45) is 23.6. The molecule has 2 aromatic carbocycles. The van der Waals surface area contributed by atoms with E-state index in [1.54, 1.807) is 70.2 Å². The summed E-state index contributed by atoms with van der Waals surface area (Å²) in [4.78, 5) is 0. The van der Waals surface area contributed by atoms with Crippen LogP contribution in [-0.4, -0.2) is 69.1 Å². The van der Waals surface area contributed by atoms with E-state index in [2.05, 4.69) is 0 Å². The van der Waals surface area contributed by atoms with Crippen LogP contribution in [0.1, 0.15) is 115 Å². The molecule has 0 aliphatic rings. The molecule has 0 aromatic heterocycles. The van der Waals surface area contributed by atoms with Gasteiger partial charge in [0.2, 0.25) is 0 Å². The standard InChI is InChI=1S/C42H62O12S4/c1-3-5-7-15-21-39(53-57(47,48)49)31-41(23-17-11-9-13-19-33-25-35(43)29-36(44)26-33)55-56-42(32-40(54-58(50,51)52)22-16-8-6-4-2)24-18-12-10-14-20-34-27-37(45)30-38(46)28-34/h3-8,15-16,25-30,39-46H,9-14,17-24,31-32H2,1-2H3,(H,47,48,49)(H,50,51,52). The van der Waals surface area contributed by atoms with E-state index in [4.69, 9.17) is 8.37 Å². The van der Waals surface area contributed by atoms with Gasteiger partial charge in [-0.3, -0.25) is 9.11 Å². The van der Waals surface area contributed by atoms with Crippen LogP contribution in [-0.2, 0) is 42.0 Å². The van der Waals surface area contributed by atoms with Crippen molar-refractivity contribution < 1.29 is 54.7 Å². The van der Waals surface area contributed by atoms with E-state index in [1.165, 1.54) is 12.1 Å². The molecule has 0 aliphatic carbocycles. The number of phenols is 4. The van der Waals surface area contributed by atoms with Crippen LogP contribution in [0.2, 0.25) is 0 Å². The van der Waals surface area contributed by atoms with E-state index in [-0.39, 0.29) is 46.3 Å². The van der Waals surface area contributed by atoms with Gasteiger partial charge in [0.25, 0.3) is 0 Å². The Morgan fingerprint density at radius 3 is 1.21 bits per heavy atom. The Balaban J connectivity index is 2.20. The SMILES string of the molecule is CC=CC=CCC(CC(CCCCCCc1cc(O)cc(O)c1)SSC(CCCCCCc1cc(O)cc(O)c1)CC(CC=CC=CC)OS(=O)(=O)O)OS(=O)(=O)O. The molecule has 4 unspecified atom stereocenters. The fourth-order valence-electron chi connectivity index (χ4n) is 6.40. The minimum Gasteiger partial charge on any atom is -0.508 e. The molecule has 326 valence electrons. The predicted molar refractivity (Wildman–Crippen MR) is 235 cm³/mol. The molecular weight excluding hydrogens is 825 g/mol. The van der Waals surface area contributed by atoms with E-state index in [9.17, 15) is 46.4 Å². The smallest absolute Gasteiger partial charge is 0.397 e. The number of allylic oxidation sites excluding steroid dienone is 6. The van der Waals surface area contributed by atoms with E-state index in [0.717, 1.165) is 62.5 Å². The van der Waals surface area contributed by atoms with Crippen molar-refractivity contribution in [1.82, 2.24) is 0 Å². The minimum atomic E-state index is -4.73. The second-order valence-corrected chi connectivity index (χ2v) is 19.2. The molecule has 0 radical (unpaired) electrons. The van der Waals surface area contributed by atoms with Crippen LogP contribution < -0.4 is 0 Å². The molecule has 6 N–H and O–H groups in total. The Morgan fingerprint density at radius 1 is 0.534 bits per heavy atom. The van der Waals surface area contributed by atoms with Crippen molar-refractivity contribution in [2.24, 2.45) is 0 Å². The second kappa shape index (κ2) is 28.5. The number of benzene rings is 2. The summed E-state index contributed by atoms with van der Waals surface area (Å²) in [7, 11) is -6.32. The van der Waals surface area contributed by atoms with Gasteiger partial charge in [-0.1, -0.05) is 109 Å². The highest BCUT2D eigenvalue weighted by atomic mass is 33.1. The minimum absolute atomic E-state index is 0.0146. The Morgan fingerprint density at radius 2 is 0.879 bits per heavy atom. The van der Waals surface area contributed by atoms with Gasteiger partial charge in [-0.25, -0.2) is 8.37 Å². The van der Waals surface area contributed by atoms with Gasteiger partial charge >= 0.3 is 20.8 Å². The largest absolute Gasteiger partial charge is 0.508 e. The van der Waals surface area contributed by atoms with Crippen LogP contribution in [0, 0.1) is 0 Å². The third kappa shape index (κ3) is 26.2. The third-order valence-electron chi connectivity index (χ3n) is 8.98. The highest BCUT2D eigenvalue weighted by Crippen LogP contribution is 2.41. The topological polar surface area (TPSA) is 208 Å². The van der Waals surface area contributed by atoms with Crippen LogP contribution in [0.15, 0.2) is 85.0 Å². The van der Waals surface area contributed by atoms with Gasteiger partial charge in [0, 0.05) is 22.6 Å². The first-order valence-corrected chi connectivity index (χ1v) is 24.8. The summed E-state index contributed by atoms with van der Waals surface area (Å²) in [6, 6.07) is 9.11. The Bertz CT molecular complexity index is 1640. The van der Waals surface area contributed by atoms with Gasteiger partial charge < -0.3 is 20.4 Å². The molecule has 0 bridgehead atoms. The van der Waals surface area contributed by atoms with E-state index >= 15 is 0 Å². The number of hydrogen-bond donors (Lipinski definition) is 6. The van der Waals surface area contributed by atoms with E-state index in [0.29, 0.717) is 38.5 Å². The highest BCUT2D eigenvalue weighted by Gasteiger charge is 2.26. The molecule has 0 spiro atoms. The molecule has 0 fully saturated rings. The zero-order chi connectivity index (χ0) is 42.8. The van der Waals surface area contributed by atoms with Crippen LogP contribution >= 0.6 is 21.6 Å². The summed E-state index contributed by atoms with van der Waals surface area (Å²) in [5, 5.41) is 39.0. The average molecular weight is 887 g/mol. The number of hydrogen-bond acceptors (Lipinski definition) is 12. The summed E-state index contributed by atoms with van der Waals surface area (Å²) in [5.74, 6) is 0.0583. The van der Waals surface area contributed by atoms with Crippen molar-refractivity contribution in [3.8, 4) is 23.0 Å². The molecular formula is C42H62O12S4. The second-order valence-electron chi connectivity index (χ2n) is 14.2. The lowest BCUT2D eigenvalue weighted by Crippen LogP contribution is -2.23. The predicted octanol–water partition coefficient (Wildman–Crippen LogP) is 10.5. The molecule has 0 heterocycles.